The van der Waals surface area contributed by atoms with Gasteiger partial charge in [0, 0.05) is 5.54 Å². The van der Waals surface area contributed by atoms with Crippen LogP contribution in [0.2, 0.25) is 0 Å². The fourth-order valence-corrected chi connectivity index (χ4v) is 1.57. The van der Waals surface area contributed by atoms with Crippen molar-refractivity contribution in [2.24, 2.45) is 0 Å². The van der Waals surface area contributed by atoms with Gasteiger partial charge in [0.05, 0.1) is 6.54 Å². The number of nitrogens with zero attached hydrogens (tertiary/aromatic N) is 2. The van der Waals surface area contributed by atoms with Crippen LogP contribution >= 0.6 is 11.3 Å². The van der Waals surface area contributed by atoms with Gasteiger partial charge in [0.1, 0.15) is 5.01 Å². The lowest BCUT2D eigenvalue weighted by molar-refractivity contribution is -0.120. The maximum absolute atomic E-state index is 11.4. The second kappa shape index (κ2) is 4.57. The van der Waals surface area contributed by atoms with Crippen LogP contribution in [0.5, 0.6) is 0 Å². The Morgan fingerprint density at radius 1 is 1.40 bits per heavy atom. The van der Waals surface area contributed by atoms with E-state index in [0.29, 0.717) is 5.13 Å². The SMILES string of the molecule is Cc1nnc(NCC(=O)NC(C)(C)C)s1. The van der Waals surface area contributed by atoms with E-state index < -0.39 is 0 Å². The normalized spacial score (nSPS) is 11.2. The molecule has 0 atom stereocenters. The van der Waals surface area contributed by atoms with E-state index >= 15 is 0 Å². The van der Waals surface area contributed by atoms with Crippen molar-refractivity contribution in [2.45, 2.75) is 33.2 Å². The predicted molar refractivity (Wildman–Crippen MR) is 61.0 cm³/mol. The first-order valence-electron chi connectivity index (χ1n) is 4.72. The lowest BCUT2D eigenvalue weighted by Crippen LogP contribution is -2.43. The molecule has 0 aromatic carbocycles. The van der Waals surface area contributed by atoms with Gasteiger partial charge in [-0.05, 0) is 27.7 Å². The van der Waals surface area contributed by atoms with Crippen LogP contribution in [0.4, 0.5) is 5.13 Å². The molecule has 1 amide bonds. The van der Waals surface area contributed by atoms with Gasteiger partial charge in [-0.15, -0.1) is 10.2 Å². The largest absolute Gasteiger partial charge is 0.351 e. The Kier molecular flexibility index (Phi) is 3.62. The number of rotatable bonds is 3. The maximum Gasteiger partial charge on any atom is 0.239 e. The lowest BCUT2D eigenvalue weighted by Gasteiger charge is -2.20. The van der Waals surface area contributed by atoms with Crippen LogP contribution in [-0.2, 0) is 4.79 Å². The third kappa shape index (κ3) is 4.73. The summed E-state index contributed by atoms with van der Waals surface area (Å²) in [6, 6.07) is 0. The smallest absolute Gasteiger partial charge is 0.239 e. The van der Waals surface area contributed by atoms with Crippen LogP contribution in [0, 0.1) is 6.92 Å². The summed E-state index contributed by atoms with van der Waals surface area (Å²) in [6.07, 6.45) is 0. The molecule has 0 spiro atoms. The van der Waals surface area contributed by atoms with E-state index in [4.69, 9.17) is 0 Å². The van der Waals surface area contributed by atoms with Crippen molar-refractivity contribution in [3.05, 3.63) is 5.01 Å². The summed E-state index contributed by atoms with van der Waals surface area (Å²) >= 11 is 1.43. The average Bonchev–Trinajstić information content (AvgIpc) is 2.45. The highest BCUT2D eigenvalue weighted by atomic mass is 32.1. The van der Waals surface area contributed by atoms with Crippen molar-refractivity contribution in [1.82, 2.24) is 15.5 Å². The van der Waals surface area contributed by atoms with Gasteiger partial charge in [0.15, 0.2) is 0 Å². The molecule has 0 aliphatic carbocycles. The summed E-state index contributed by atoms with van der Waals surface area (Å²) in [4.78, 5) is 11.4. The van der Waals surface area contributed by atoms with Crippen molar-refractivity contribution in [3.63, 3.8) is 0 Å². The van der Waals surface area contributed by atoms with Gasteiger partial charge in [-0.1, -0.05) is 11.3 Å². The maximum atomic E-state index is 11.4. The topological polar surface area (TPSA) is 66.9 Å². The van der Waals surface area contributed by atoms with Gasteiger partial charge in [-0.3, -0.25) is 4.79 Å². The summed E-state index contributed by atoms with van der Waals surface area (Å²) in [6.45, 7) is 7.93. The summed E-state index contributed by atoms with van der Waals surface area (Å²) in [7, 11) is 0. The molecule has 1 rings (SSSR count). The molecule has 1 aromatic heterocycles. The standard InChI is InChI=1S/C9H16N4OS/c1-6-12-13-8(15-6)10-5-7(14)11-9(2,3)4/h5H2,1-4H3,(H,10,13)(H,11,14). The average molecular weight is 228 g/mol. The number of aryl methyl sites for hydroxylation is 1. The predicted octanol–water partition coefficient (Wildman–Crippen LogP) is 1.17. The van der Waals surface area contributed by atoms with Gasteiger partial charge >= 0.3 is 0 Å². The Morgan fingerprint density at radius 2 is 2.07 bits per heavy atom. The van der Waals surface area contributed by atoms with E-state index in [2.05, 4.69) is 20.8 Å². The van der Waals surface area contributed by atoms with Crippen molar-refractivity contribution in [3.8, 4) is 0 Å². The molecule has 0 saturated heterocycles. The van der Waals surface area contributed by atoms with Gasteiger partial charge in [0.25, 0.3) is 0 Å². The molecule has 0 saturated carbocycles. The minimum atomic E-state index is -0.199. The molecule has 0 fully saturated rings. The fourth-order valence-electron chi connectivity index (χ4n) is 0.986. The molecule has 1 aromatic rings. The van der Waals surface area contributed by atoms with Crippen LogP contribution in [0.3, 0.4) is 0 Å². The van der Waals surface area contributed by atoms with E-state index in [1.165, 1.54) is 11.3 Å². The monoisotopic (exact) mass is 228 g/mol. The molecule has 84 valence electrons. The highest BCUT2D eigenvalue weighted by molar-refractivity contribution is 7.15. The van der Waals surface area contributed by atoms with Crippen LogP contribution < -0.4 is 10.6 Å². The minimum absolute atomic E-state index is 0.0460. The highest BCUT2D eigenvalue weighted by Gasteiger charge is 2.13. The number of carbonyl (C=O) groups excluding carboxylic acids is 1. The second-order valence-corrected chi connectivity index (χ2v) is 5.46. The van der Waals surface area contributed by atoms with Gasteiger partial charge < -0.3 is 10.6 Å². The van der Waals surface area contributed by atoms with Crippen LogP contribution in [0.15, 0.2) is 0 Å². The molecule has 0 radical (unpaired) electrons. The summed E-state index contributed by atoms with van der Waals surface area (Å²) in [5, 5.41) is 15.0. The van der Waals surface area contributed by atoms with Crippen molar-refractivity contribution in [2.75, 3.05) is 11.9 Å². The van der Waals surface area contributed by atoms with Gasteiger partial charge in [0.2, 0.25) is 11.0 Å². The number of carbonyl (C=O) groups is 1. The molecule has 5 nitrogen and oxygen atoms in total. The number of hydrogen-bond acceptors (Lipinski definition) is 5. The molecule has 15 heavy (non-hydrogen) atoms. The van der Waals surface area contributed by atoms with Gasteiger partial charge in [-0.25, -0.2) is 0 Å². The van der Waals surface area contributed by atoms with Crippen molar-refractivity contribution in [1.29, 1.82) is 0 Å². The molecule has 0 bridgehead atoms. The Labute approximate surface area is 93.3 Å². The molecule has 0 aliphatic heterocycles. The van der Waals surface area contributed by atoms with E-state index in [1.807, 2.05) is 27.7 Å². The molecular weight excluding hydrogens is 212 g/mol. The minimum Gasteiger partial charge on any atom is -0.351 e. The number of nitrogens with one attached hydrogen (secondary N) is 2. The Balaban J connectivity index is 2.35. The second-order valence-electron chi connectivity index (χ2n) is 4.28. The first-order chi connectivity index (χ1) is 6.87. The molecule has 6 heteroatoms. The lowest BCUT2D eigenvalue weighted by atomic mass is 10.1. The van der Waals surface area contributed by atoms with E-state index in [0.717, 1.165) is 5.01 Å². The number of amides is 1. The first-order valence-corrected chi connectivity index (χ1v) is 5.53. The Bertz CT molecular complexity index is 342. The van der Waals surface area contributed by atoms with E-state index in [1.54, 1.807) is 0 Å². The molecule has 0 unspecified atom stereocenters. The summed E-state index contributed by atoms with van der Waals surface area (Å²) in [5.41, 5.74) is -0.199. The quantitative estimate of drug-likeness (QED) is 0.815. The number of hydrogen-bond donors (Lipinski definition) is 2. The summed E-state index contributed by atoms with van der Waals surface area (Å²) in [5.74, 6) is -0.0460. The van der Waals surface area contributed by atoms with Crippen LogP contribution in [-0.4, -0.2) is 28.2 Å². The fraction of sp³-hybridized carbons (Fsp3) is 0.667. The molecule has 2 N–H and O–H groups in total. The third-order valence-corrected chi connectivity index (χ3v) is 2.24. The third-order valence-electron chi connectivity index (χ3n) is 1.44. The van der Waals surface area contributed by atoms with Crippen molar-refractivity contribution < 1.29 is 4.79 Å². The first kappa shape index (κ1) is 11.9. The van der Waals surface area contributed by atoms with E-state index in [-0.39, 0.29) is 18.0 Å². The highest BCUT2D eigenvalue weighted by Crippen LogP contribution is 2.12. The van der Waals surface area contributed by atoms with Crippen LogP contribution in [0.25, 0.3) is 0 Å². The zero-order valence-electron chi connectivity index (χ0n) is 9.42. The molecule has 0 aliphatic rings. The van der Waals surface area contributed by atoms with Gasteiger partial charge in [-0.2, -0.15) is 0 Å². The van der Waals surface area contributed by atoms with Crippen molar-refractivity contribution >= 4 is 22.4 Å². The number of anilines is 1. The number of aromatic nitrogens is 2. The van der Waals surface area contributed by atoms with Crippen LogP contribution in [0.1, 0.15) is 25.8 Å². The zero-order valence-corrected chi connectivity index (χ0v) is 10.2. The zero-order chi connectivity index (χ0) is 11.5. The summed E-state index contributed by atoms with van der Waals surface area (Å²) < 4.78 is 0. The Hall–Kier alpha value is -1.17. The van der Waals surface area contributed by atoms with E-state index in [9.17, 15) is 4.79 Å². The molecule has 1 heterocycles. The molecular formula is C9H16N4OS. The Morgan fingerprint density at radius 3 is 2.53 bits per heavy atom.